The topological polar surface area (TPSA) is 212 Å². The van der Waals surface area contributed by atoms with Gasteiger partial charge in [0.05, 0.1) is 27.8 Å². The summed E-state index contributed by atoms with van der Waals surface area (Å²) in [5.74, 6) is -0.147. The Hall–Kier alpha value is -2.24. The molecule has 2 aromatic rings. The summed E-state index contributed by atoms with van der Waals surface area (Å²) in [6, 6.07) is 7.52. The van der Waals surface area contributed by atoms with E-state index in [1.165, 1.54) is 48.0 Å². The Morgan fingerprint density at radius 2 is 1.42 bits per heavy atom. The van der Waals surface area contributed by atoms with E-state index in [0.717, 1.165) is 29.2 Å². The number of guanidine groups is 1. The number of sulfonamides is 2. The zero-order valence-corrected chi connectivity index (χ0v) is 29.7. The van der Waals surface area contributed by atoms with Crippen molar-refractivity contribution in [2.24, 2.45) is 36.3 Å². The van der Waals surface area contributed by atoms with Crippen LogP contribution in [0.2, 0.25) is 8.67 Å². The minimum absolute atomic E-state index is 0.0582. The van der Waals surface area contributed by atoms with E-state index in [9.17, 15) is 16.8 Å². The highest BCUT2D eigenvalue weighted by molar-refractivity contribution is 8.13. The summed E-state index contributed by atoms with van der Waals surface area (Å²) in [4.78, 5) is 0. The number of halogens is 2. The van der Waals surface area contributed by atoms with E-state index in [1.54, 1.807) is 17.3 Å². The van der Waals surface area contributed by atoms with Crippen LogP contribution < -0.4 is 10.9 Å². The zero-order valence-electron chi connectivity index (χ0n) is 24.1. The lowest BCUT2D eigenvalue weighted by atomic mass is 9.97. The summed E-state index contributed by atoms with van der Waals surface area (Å²) in [5.41, 5.74) is 5.66. The van der Waals surface area contributed by atoms with E-state index < -0.39 is 20.0 Å². The quantitative estimate of drug-likeness (QED) is 0.288. The number of nitriles is 1. The molecule has 0 radical (unpaired) electrons. The number of thiophene rings is 2. The first-order valence-electron chi connectivity index (χ1n) is 11.9. The fourth-order valence-electron chi connectivity index (χ4n) is 2.86. The van der Waals surface area contributed by atoms with Gasteiger partial charge in [-0.2, -0.15) is 23.9 Å². The monoisotopic (exact) mass is 729 g/mol. The molecular weight excluding hydrogens is 698 g/mol. The largest absolute Gasteiger partial charge is 0.367 e. The number of thioether (sulfide) groups is 1. The summed E-state index contributed by atoms with van der Waals surface area (Å²) in [5, 5.41) is 31.4. The van der Waals surface area contributed by atoms with Gasteiger partial charge in [-0.1, -0.05) is 62.7 Å². The predicted octanol–water partition coefficient (Wildman–Crippen LogP) is 4.92. The number of rotatable bonds is 3. The van der Waals surface area contributed by atoms with Crippen molar-refractivity contribution in [3.8, 4) is 6.07 Å². The Labute approximate surface area is 274 Å². The van der Waals surface area contributed by atoms with Crippen molar-refractivity contribution in [2.75, 3.05) is 19.3 Å². The van der Waals surface area contributed by atoms with E-state index in [1.807, 2.05) is 26.3 Å². The average Bonchev–Trinajstić information content (AvgIpc) is 3.67. The molecule has 0 spiro atoms. The minimum atomic E-state index is -3.83. The lowest BCUT2D eigenvalue weighted by Gasteiger charge is -2.17. The Morgan fingerprint density at radius 3 is 1.72 bits per heavy atom. The fourth-order valence-corrected chi connectivity index (χ4v) is 7.47. The standard InChI is InChI=1S/C10H13ClN4O2S2.C7H13N3S.C4H4ClNO2S2.C2H3N/c1-10(2)5-13-15(6-10)9(12)14-19(16,17)8-4-3-7(11)18-8;1-7(2)4-9-10(5-7)6(8)11-3;5-3-1-2-4(9-3)10(6,7)8;1-2-3/h3-5H,6H2,1-2H3,(H2,12,14);4,8H,5H2,1-3H3;1-2H,(H2,6,7,8);1H3. The molecule has 0 aliphatic carbocycles. The molecule has 0 fully saturated rings. The Balaban J connectivity index is 0.000000329. The second kappa shape index (κ2) is 16.2. The number of nitrogens with zero attached hydrogens (tertiary/aromatic N) is 6. The average molecular weight is 731 g/mol. The smallest absolute Gasteiger partial charge is 0.295 e. The third-order valence-corrected chi connectivity index (χ3v) is 11.0. The van der Waals surface area contributed by atoms with Crippen LogP contribution in [0.4, 0.5) is 0 Å². The SMILES string of the molecule is CC#N.CC1(C)C=NN(C(N)=NS(=O)(=O)c2ccc(Cl)s2)C1.CSC(=N)N1CC(C)(C)C=N1.NS(=O)(=O)c1ccc(Cl)s1. The van der Waals surface area contributed by atoms with Crippen molar-refractivity contribution in [1.82, 2.24) is 10.0 Å². The zero-order chi connectivity index (χ0) is 33.2. The summed E-state index contributed by atoms with van der Waals surface area (Å²) in [6.45, 7) is 10.9. The Kier molecular flexibility index (Phi) is 14.6. The molecule has 43 heavy (non-hydrogen) atoms. The summed E-state index contributed by atoms with van der Waals surface area (Å²) in [7, 11) is -7.38. The molecule has 0 saturated heterocycles. The van der Waals surface area contributed by atoms with Crippen LogP contribution in [0.3, 0.4) is 0 Å². The second-order valence-corrected chi connectivity index (χ2v) is 17.7. The van der Waals surface area contributed by atoms with Gasteiger partial charge in [-0.3, -0.25) is 5.41 Å². The molecule has 0 amide bonds. The Bertz CT molecular complexity index is 1610. The highest BCUT2D eigenvalue weighted by Crippen LogP contribution is 2.28. The molecule has 20 heteroatoms. The molecule has 2 aliphatic rings. The number of nitrogens with one attached hydrogen (secondary N) is 1. The van der Waals surface area contributed by atoms with Gasteiger partial charge in [-0.05, 0) is 30.5 Å². The number of hydrazone groups is 2. The van der Waals surface area contributed by atoms with Crippen molar-refractivity contribution in [3.05, 3.63) is 32.9 Å². The summed E-state index contributed by atoms with van der Waals surface area (Å²) >= 11 is 14.5. The summed E-state index contributed by atoms with van der Waals surface area (Å²) < 4.78 is 49.6. The number of primary sulfonamides is 1. The van der Waals surface area contributed by atoms with Crippen LogP contribution in [0.1, 0.15) is 34.6 Å². The molecule has 0 saturated carbocycles. The molecule has 2 aliphatic heterocycles. The predicted molar refractivity (Wildman–Crippen MR) is 179 cm³/mol. The highest BCUT2D eigenvalue weighted by atomic mass is 35.5. The molecule has 238 valence electrons. The van der Waals surface area contributed by atoms with Gasteiger partial charge in [0.15, 0.2) is 5.17 Å². The van der Waals surface area contributed by atoms with Gasteiger partial charge in [-0.15, -0.1) is 27.1 Å². The molecule has 0 aromatic carbocycles. The minimum Gasteiger partial charge on any atom is -0.367 e. The van der Waals surface area contributed by atoms with E-state index in [-0.39, 0.29) is 25.2 Å². The van der Waals surface area contributed by atoms with Crippen molar-refractivity contribution in [1.29, 1.82) is 10.7 Å². The van der Waals surface area contributed by atoms with Gasteiger partial charge in [0.25, 0.3) is 10.0 Å². The molecule has 5 N–H and O–H groups in total. The molecule has 2 aromatic heterocycles. The second-order valence-electron chi connectivity index (χ2n) is 9.90. The van der Waals surface area contributed by atoms with E-state index >= 15 is 0 Å². The first kappa shape index (κ1) is 38.8. The van der Waals surface area contributed by atoms with Crippen LogP contribution in [0.5, 0.6) is 0 Å². The lowest BCUT2D eigenvalue weighted by Crippen LogP contribution is -2.35. The maximum Gasteiger partial charge on any atom is 0.295 e. The van der Waals surface area contributed by atoms with Gasteiger partial charge in [0, 0.05) is 30.2 Å². The number of nitrogens with two attached hydrogens (primary N) is 2. The van der Waals surface area contributed by atoms with Crippen molar-refractivity contribution < 1.29 is 16.8 Å². The van der Waals surface area contributed by atoms with Gasteiger partial charge in [0.2, 0.25) is 16.0 Å². The van der Waals surface area contributed by atoms with Crippen molar-refractivity contribution in [2.45, 2.75) is 43.0 Å². The first-order valence-corrected chi connectivity index (χ1v) is 18.5. The van der Waals surface area contributed by atoms with Crippen LogP contribution in [-0.4, -0.2) is 69.8 Å². The third kappa shape index (κ3) is 13.5. The van der Waals surface area contributed by atoms with Crippen LogP contribution in [0.15, 0.2) is 47.3 Å². The molecule has 0 unspecified atom stereocenters. The Morgan fingerprint density at radius 1 is 1.00 bits per heavy atom. The van der Waals surface area contributed by atoms with Gasteiger partial charge in [-0.25, -0.2) is 23.6 Å². The van der Waals surface area contributed by atoms with E-state index in [0.29, 0.717) is 20.4 Å². The molecule has 4 rings (SSSR count). The molecule has 0 atom stereocenters. The van der Waals surface area contributed by atoms with Gasteiger partial charge >= 0.3 is 0 Å². The normalized spacial score (nSPS) is 16.7. The van der Waals surface area contributed by atoms with Crippen LogP contribution in [0.25, 0.3) is 0 Å². The van der Waals surface area contributed by atoms with Gasteiger partial charge in [0.1, 0.15) is 8.42 Å². The number of amidine groups is 1. The van der Waals surface area contributed by atoms with Crippen molar-refractivity contribution in [3.63, 3.8) is 0 Å². The molecular formula is C23H33Cl2N9O4S5. The van der Waals surface area contributed by atoms with Crippen molar-refractivity contribution >= 4 is 101 Å². The molecule has 4 heterocycles. The number of hydrogen-bond donors (Lipinski definition) is 3. The highest BCUT2D eigenvalue weighted by Gasteiger charge is 2.28. The van der Waals surface area contributed by atoms with Crippen LogP contribution >= 0.6 is 57.6 Å². The maximum atomic E-state index is 12.0. The maximum absolute atomic E-state index is 12.0. The van der Waals surface area contributed by atoms with Crippen LogP contribution in [0, 0.1) is 27.6 Å². The fraction of sp³-hybridized carbons (Fsp3) is 0.435. The van der Waals surface area contributed by atoms with Gasteiger partial charge < -0.3 is 5.73 Å². The molecule has 13 nitrogen and oxygen atoms in total. The first-order chi connectivity index (χ1) is 19.7. The third-order valence-electron chi connectivity index (χ3n) is 4.75. The van der Waals surface area contributed by atoms with Crippen LogP contribution in [-0.2, 0) is 20.0 Å². The summed E-state index contributed by atoms with van der Waals surface area (Å²) in [6.07, 6.45) is 5.50. The lowest BCUT2D eigenvalue weighted by molar-refractivity contribution is 0.383. The van der Waals surface area contributed by atoms with E-state index in [4.69, 9.17) is 44.7 Å². The van der Waals surface area contributed by atoms with E-state index in [2.05, 4.69) is 28.4 Å². The number of hydrogen-bond acceptors (Lipinski definition) is 11. The molecule has 0 bridgehead atoms.